The van der Waals surface area contributed by atoms with Crippen LogP contribution >= 0.6 is 0 Å². The summed E-state index contributed by atoms with van der Waals surface area (Å²) >= 11 is 0. The van der Waals surface area contributed by atoms with Crippen LogP contribution in [0.1, 0.15) is 13.3 Å². The number of ether oxygens (including phenoxy) is 2. The van der Waals surface area contributed by atoms with Crippen LogP contribution in [0, 0.1) is 0 Å². The fraction of sp³-hybridized carbons (Fsp3) is 0.208. The van der Waals surface area contributed by atoms with Crippen molar-refractivity contribution in [3.8, 4) is 5.75 Å². The molecule has 0 amide bonds. The van der Waals surface area contributed by atoms with Crippen molar-refractivity contribution in [1.82, 2.24) is 0 Å². The van der Waals surface area contributed by atoms with Crippen LogP contribution in [0.25, 0.3) is 0 Å². The molecule has 1 unspecified atom stereocenters. The molecule has 0 aromatic heterocycles. The molecule has 34 heavy (non-hydrogen) atoms. The van der Waals surface area contributed by atoms with Gasteiger partial charge in [-0.25, -0.2) is 0 Å². The molecule has 0 saturated heterocycles. The van der Waals surface area contributed by atoms with E-state index in [0.717, 1.165) is 14.7 Å². The summed E-state index contributed by atoms with van der Waals surface area (Å²) in [5, 5.41) is -4.60. The van der Waals surface area contributed by atoms with Gasteiger partial charge in [-0.2, -0.15) is 17.2 Å². The summed E-state index contributed by atoms with van der Waals surface area (Å²) in [5.41, 5.74) is 0. The van der Waals surface area contributed by atoms with Gasteiger partial charge in [-0.1, -0.05) is 36.4 Å². The van der Waals surface area contributed by atoms with Gasteiger partial charge in [-0.3, -0.25) is 9.35 Å². The van der Waals surface area contributed by atoms with Crippen molar-refractivity contribution in [2.24, 2.45) is 0 Å². The molecule has 3 aromatic carbocycles. The minimum atomic E-state index is -5.70. The first-order valence-corrected chi connectivity index (χ1v) is 12.9. The molecule has 0 spiro atoms. The Morgan fingerprint density at radius 2 is 1.38 bits per heavy atom. The molecule has 0 aliphatic heterocycles. The van der Waals surface area contributed by atoms with Crippen LogP contribution in [0.5, 0.6) is 5.75 Å². The molecule has 0 aliphatic rings. The van der Waals surface area contributed by atoms with E-state index < -0.39 is 27.4 Å². The maximum atomic E-state index is 13.5. The van der Waals surface area contributed by atoms with Crippen molar-refractivity contribution in [2.45, 2.75) is 39.4 Å². The maximum Gasteiger partial charge on any atom is 0.405 e. The highest BCUT2D eigenvalue weighted by Gasteiger charge is 2.51. The second-order valence-corrected chi connectivity index (χ2v) is 10.7. The molecule has 1 N–H and O–H groups in total. The number of rotatable bonds is 10. The second-order valence-electron chi connectivity index (χ2n) is 7.17. The lowest BCUT2D eigenvalue weighted by molar-refractivity contribution is -0.160. The van der Waals surface area contributed by atoms with Crippen LogP contribution in [0.3, 0.4) is 0 Å². The first-order valence-electron chi connectivity index (χ1n) is 10.2. The largest absolute Gasteiger partial charge is 0.493 e. The molecule has 0 heterocycles. The summed E-state index contributed by atoms with van der Waals surface area (Å²) < 4.78 is 66.9. The molecule has 10 heteroatoms. The summed E-state index contributed by atoms with van der Waals surface area (Å²) in [6.07, 6.45) is -2.73. The van der Waals surface area contributed by atoms with E-state index in [-0.39, 0.29) is 23.9 Å². The predicted molar refractivity (Wildman–Crippen MR) is 124 cm³/mol. The van der Waals surface area contributed by atoms with E-state index in [9.17, 15) is 22.0 Å². The number of benzene rings is 3. The number of carbonyl (C=O) groups is 1. The normalized spacial score (nSPS) is 12.9. The fourth-order valence-corrected chi connectivity index (χ4v) is 5.53. The van der Waals surface area contributed by atoms with Crippen molar-refractivity contribution >= 4 is 27.0 Å². The lowest BCUT2D eigenvalue weighted by Gasteiger charge is -2.20. The minimum absolute atomic E-state index is 0.161. The summed E-state index contributed by atoms with van der Waals surface area (Å²) in [4.78, 5) is 15.1. The topological polar surface area (TPSA) is 89.9 Å². The number of hydrogen-bond acceptors (Lipinski definition) is 5. The molecule has 180 valence electrons. The van der Waals surface area contributed by atoms with Gasteiger partial charge in [0.15, 0.2) is 20.8 Å². The van der Waals surface area contributed by atoms with Gasteiger partial charge in [-0.15, -0.1) is 0 Å². The van der Waals surface area contributed by atoms with E-state index in [1.807, 2.05) is 48.5 Å². The Bertz CT molecular complexity index is 1150. The Balaban J connectivity index is 1.62. The smallest absolute Gasteiger partial charge is 0.405 e. The fourth-order valence-electron chi connectivity index (χ4n) is 2.98. The molecular formula is C24H23F2O6S2+. The molecule has 1 atom stereocenters. The first kappa shape index (κ1) is 25.7. The lowest BCUT2D eigenvalue weighted by atomic mass is 10.3. The summed E-state index contributed by atoms with van der Waals surface area (Å²) in [7, 11) is -6.03. The highest BCUT2D eigenvalue weighted by molar-refractivity contribution is 7.97. The quantitative estimate of drug-likeness (QED) is 0.236. The van der Waals surface area contributed by atoms with Crippen LogP contribution in [-0.4, -0.2) is 36.9 Å². The zero-order chi connectivity index (χ0) is 24.8. The van der Waals surface area contributed by atoms with E-state index in [2.05, 4.69) is 29.0 Å². The van der Waals surface area contributed by atoms with Gasteiger partial charge in [-0.05, 0) is 55.5 Å². The average Bonchev–Trinajstić information content (AvgIpc) is 2.81. The average molecular weight is 510 g/mol. The molecule has 0 bridgehead atoms. The zero-order valence-electron chi connectivity index (χ0n) is 18.1. The Hall–Kier alpha value is -2.95. The van der Waals surface area contributed by atoms with Crippen molar-refractivity contribution in [1.29, 1.82) is 0 Å². The van der Waals surface area contributed by atoms with Gasteiger partial charge in [0.05, 0.1) is 23.9 Å². The van der Waals surface area contributed by atoms with Crippen LogP contribution in [-0.2, 0) is 30.5 Å². The van der Waals surface area contributed by atoms with Gasteiger partial charge in [0.25, 0.3) is 0 Å². The lowest BCUT2D eigenvalue weighted by Crippen LogP contribution is -2.42. The van der Waals surface area contributed by atoms with E-state index in [4.69, 9.17) is 9.29 Å². The third-order valence-corrected chi connectivity index (χ3v) is 7.97. The van der Waals surface area contributed by atoms with E-state index in [1.54, 1.807) is 12.1 Å². The Labute approximate surface area is 199 Å². The molecule has 0 fully saturated rings. The molecule has 0 saturated carbocycles. The van der Waals surface area contributed by atoms with E-state index >= 15 is 0 Å². The summed E-state index contributed by atoms with van der Waals surface area (Å²) in [5.74, 6) is -0.611. The summed E-state index contributed by atoms with van der Waals surface area (Å²) in [6.45, 7) is 0.521. The molecule has 3 aromatic rings. The number of hydrogen-bond donors (Lipinski definition) is 1. The molecule has 0 aliphatic carbocycles. The Morgan fingerprint density at radius 1 is 0.912 bits per heavy atom. The van der Waals surface area contributed by atoms with E-state index in [0.29, 0.717) is 12.7 Å². The Morgan fingerprint density at radius 3 is 1.85 bits per heavy atom. The monoisotopic (exact) mass is 509 g/mol. The SMILES string of the molecule is CC(OC(=O)CCOc1ccc([S+](c2ccccc2)c2ccccc2)cc1)C(F)(F)S(=O)(=O)O. The number of esters is 1. The highest BCUT2D eigenvalue weighted by atomic mass is 32.2. The predicted octanol–water partition coefficient (Wildman–Crippen LogP) is 4.96. The van der Waals surface area contributed by atoms with Crippen molar-refractivity contribution < 1.29 is 36.0 Å². The third-order valence-electron chi connectivity index (χ3n) is 4.72. The molecule has 6 nitrogen and oxygen atoms in total. The van der Waals surface area contributed by atoms with Crippen molar-refractivity contribution in [3.63, 3.8) is 0 Å². The molecule has 0 radical (unpaired) electrons. The third kappa shape index (κ3) is 6.34. The first-order chi connectivity index (χ1) is 16.1. The number of halogens is 2. The highest BCUT2D eigenvalue weighted by Crippen LogP contribution is 2.32. The molecule has 3 rings (SSSR count). The second kappa shape index (κ2) is 11.0. The standard InChI is InChI=1S/C24H22F2O6S2/c1-18(24(25,26)34(28,29)30)32-23(27)16-17-31-19-12-14-22(15-13-19)33(20-8-4-2-5-9-20)21-10-6-3-7-11-21/h2-15,18H,16-17H2,1H3/p+1. The van der Waals surface area contributed by atoms with Gasteiger partial charge in [0.1, 0.15) is 5.75 Å². The van der Waals surface area contributed by atoms with Gasteiger partial charge in [0.2, 0.25) is 0 Å². The van der Waals surface area contributed by atoms with Crippen molar-refractivity contribution in [2.75, 3.05) is 6.61 Å². The number of alkyl halides is 2. The van der Waals surface area contributed by atoms with Gasteiger partial charge < -0.3 is 9.47 Å². The van der Waals surface area contributed by atoms with Crippen molar-refractivity contribution in [3.05, 3.63) is 84.9 Å². The summed E-state index contributed by atoms with van der Waals surface area (Å²) in [6, 6.07) is 27.5. The zero-order valence-corrected chi connectivity index (χ0v) is 19.8. The van der Waals surface area contributed by atoms with E-state index in [1.165, 1.54) is 0 Å². The molecular weight excluding hydrogens is 486 g/mol. The van der Waals surface area contributed by atoms with Crippen LogP contribution in [0.2, 0.25) is 0 Å². The minimum Gasteiger partial charge on any atom is -0.493 e. The maximum absolute atomic E-state index is 13.5. The van der Waals surface area contributed by atoms with Crippen LogP contribution < -0.4 is 4.74 Å². The number of carbonyl (C=O) groups excluding carboxylic acids is 1. The van der Waals surface area contributed by atoms with Crippen LogP contribution in [0.15, 0.2) is 99.6 Å². The van der Waals surface area contributed by atoms with Crippen LogP contribution in [0.4, 0.5) is 8.78 Å². The van der Waals surface area contributed by atoms with Gasteiger partial charge >= 0.3 is 21.3 Å². The van der Waals surface area contributed by atoms with Gasteiger partial charge in [0, 0.05) is 0 Å². The Kier molecular flexibility index (Phi) is 8.29.